The first-order valence-electron chi connectivity index (χ1n) is 26.1. The Morgan fingerprint density at radius 2 is 0.179 bits per heavy atom. The maximum atomic E-state index is 4.45. The van der Waals surface area contributed by atoms with Gasteiger partial charge in [0.15, 0.2) is 0 Å². The molecule has 0 bridgehead atoms. The summed E-state index contributed by atoms with van der Waals surface area (Å²) in [5, 5.41) is 16.8. The molecule has 0 aromatic heterocycles. The molecule has 12 rings (SSSR count). The maximum absolute atomic E-state index is 4.45. The molecular weight excluding hydrogens is 1560 g/mol. The third kappa shape index (κ3) is 23.9. The van der Waals surface area contributed by atoms with Crippen molar-refractivity contribution in [3.63, 3.8) is 0 Å². The number of hydrogen-bond acceptors (Lipinski definition) is 0. The zero-order valence-electron chi connectivity index (χ0n) is 45.1. The van der Waals surface area contributed by atoms with Crippen molar-refractivity contribution in [1.29, 1.82) is 0 Å². The van der Waals surface area contributed by atoms with E-state index < -0.39 is 31.7 Å². The Morgan fingerprint density at radius 1 is 0.119 bits per heavy atom. The molecule has 12 aromatic rings. The topological polar surface area (TPSA) is 0 Å². The molecule has 0 amide bonds. The van der Waals surface area contributed by atoms with E-state index in [1.54, 1.807) is 0 Å². The Kier molecular flexibility index (Phi) is 38.0. The van der Waals surface area contributed by atoms with Gasteiger partial charge in [-0.2, -0.15) is 0 Å². The minimum absolute atomic E-state index is 0.446. The average Bonchev–Trinajstić information content (AvgIpc) is 3.65. The van der Waals surface area contributed by atoms with E-state index in [2.05, 4.69) is 481 Å². The normalized spacial score (nSPS) is 9.90. The van der Waals surface area contributed by atoms with Crippen molar-refractivity contribution in [3.05, 3.63) is 364 Å². The van der Waals surface area contributed by atoms with Gasteiger partial charge in [0.25, 0.3) is 0 Å². The smallest absolute Gasteiger partial charge is 0.0134 e. The summed E-state index contributed by atoms with van der Waals surface area (Å²) in [6, 6.07) is 129. The van der Waals surface area contributed by atoms with Crippen molar-refractivity contribution in [2.75, 3.05) is 0 Å². The largest absolute Gasteiger partial charge is 0.0622 e. The molecule has 0 fully saturated rings. The van der Waals surface area contributed by atoms with Gasteiger partial charge >= 0.3 is 117 Å². The molecule has 0 heterocycles. The molecule has 12 aromatic carbocycles. The number of benzene rings is 12. The van der Waals surface area contributed by atoms with Crippen molar-refractivity contribution in [1.82, 2.24) is 0 Å². The Bertz CT molecular complexity index is 2610. The average molecular weight is 1620 g/mol. The molecule has 0 saturated heterocycles. The summed E-state index contributed by atoms with van der Waals surface area (Å²) in [7, 11) is 16.0. The van der Waals surface area contributed by atoms with Crippen LogP contribution in [-0.2, 0) is 79.9 Å². The first-order valence-corrected chi connectivity index (χ1v) is 39.1. The maximum Gasteiger partial charge on any atom is -0.0134 e. The van der Waals surface area contributed by atoms with E-state index in [9.17, 15) is 0 Å². The Labute approximate surface area is 569 Å². The van der Waals surface area contributed by atoms with Crippen LogP contribution in [0, 0.1) is 0 Å². The third-order valence-electron chi connectivity index (χ3n) is 12.2. The van der Waals surface area contributed by atoms with Crippen LogP contribution in [0.4, 0.5) is 0 Å². The molecule has 0 saturated carbocycles. The molecule has 0 aliphatic rings. The molecule has 0 unspecified atom stereocenters. The predicted octanol–water partition coefficient (Wildman–Crippen LogP) is 16.5. The van der Waals surface area contributed by atoms with Crippen molar-refractivity contribution in [3.8, 4) is 0 Å². The van der Waals surface area contributed by atoms with E-state index in [4.69, 9.17) is 0 Å². The van der Waals surface area contributed by atoms with E-state index in [0.717, 1.165) is 0 Å². The molecule has 440 valence electrons. The summed E-state index contributed by atoms with van der Waals surface area (Å²) >= 11 is 9.69. The molecule has 84 heavy (non-hydrogen) atoms. The monoisotopic (exact) mass is 1620 g/mol. The van der Waals surface area contributed by atoms with Crippen molar-refractivity contribution < 1.29 is 79.9 Å². The van der Waals surface area contributed by atoms with Gasteiger partial charge in [-0.25, -0.2) is 0 Å². The standard InChI is InChI=1S/4C18H15P.4Ag.4ClH/c4*1-4-10-16(11-5-1)19(17-12-6-2-7-13-17)18-14-8-3-9-15-18;;;;;;;;/h4*1-15H;;;;;4*1H/q;;;;4*+1;;;;/p-4. The molecule has 0 aliphatic carbocycles. The van der Waals surface area contributed by atoms with Crippen LogP contribution in [0.25, 0.3) is 0 Å². The second kappa shape index (κ2) is 44.8. The second-order valence-corrected chi connectivity index (χ2v) is 26.2. The van der Waals surface area contributed by atoms with Crippen molar-refractivity contribution in [2.24, 2.45) is 0 Å². The summed E-state index contributed by atoms with van der Waals surface area (Å²) < 4.78 is 0. The van der Waals surface area contributed by atoms with E-state index in [0.29, 0.717) is 0 Å². The third-order valence-corrected chi connectivity index (χ3v) is 21.9. The molecule has 0 aliphatic heterocycles. The van der Waals surface area contributed by atoms with Gasteiger partial charge in [0.2, 0.25) is 0 Å². The molecule has 0 atom stereocenters. The van der Waals surface area contributed by atoms with Crippen LogP contribution >= 0.6 is 68.4 Å². The molecule has 12 heteroatoms. The van der Waals surface area contributed by atoms with Gasteiger partial charge < -0.3 is 0 Å². The summed E-state index contributed by atoms with van der Waals surface area (Å²) in [6.45, 7) is 0. The van der Waals surface area contributed by atoms with E-state index in [1.807, 2.05) is 0 Å². The van der Waals surface area contributed by atoms with E-state index in [-0.39, 0.29) is 0 Å². The summed E-state index contributed by atoms with van der Waals surface area (Å²) in [4.78, 5) is 0. The van der Waals surface area contributed by atoms with Crippen LogP contribution in [0.5, 0.6) is 0 Å². The summed E-state index contributed by atoms with van der Waals surface area (Å²) in [6.07, 6.45) is 0. The van der Waals surface area contributed by atoms with E-state index in [1.165, 1.54) is 63.7 Å². The SMILES string of the molecule is [Cl][Ag].[Cl][Ag].[Cl][Ag].[Cl][Ag].c1ccc(P(c2ccccc2)c2ccccc2)cc1.c1ccc(P(c2ccccc2)c2ccccc2)cc1.c1ccc(P(c2ccccc2)c2ccccc2)cc1.c1ccc(P(c2ccccc2)c2ccccc2)cc1. The fourth-order valence-electron chi connectivity index (χ4n) is 8.71. The fourth-order valence-corrected chi connectivity index (χ4v) is 17.9. The van der Waals surface area contributed by atoms with Gasteiger partial charge in [0.05, 0.1) is 0 Å². The number of hydrogen-bond donors (Lipinski definition) is 0. The molecule has 0 nitrogen and oxygen atoms in total. The van der Waals surface area contributed by atoms with Crippen molar-refractivity contribution in [2.45, 2.75) is 0 Å². The predicted molar refractivity (Wildman–Crippen MR) is 364 cm³/mol. The van der Waals surface area contributed by atoms with Crippen LogP contribution in [0.3, 0.4) is 0 Å². The van der Waals surface area contributed by atoms with Crippen molar-refractivity contribution >= 4 is 132 Å². The Morgan fingerprint density at radius 3 is 0.238 bits per heavy atom. The van der Waals surface area contributed by atoms with Crippen LogP contribution in [0.15, 0.2) is 364 Å². The van der Waals surface area contributed by atoms with Gasteiger partial charge in [0, 0.05) is 0 Å². The first-order chi connectivity index (χ1) is 41.8. The van der Waals surface area contributed by atoms with Gasteiger partial charge in [0.1, 0.15) is 0 Å². The Hall–Kier alpha value is -3.52. The minimum Gasteiger partial charge on any atom is -0.0622 e. The number of halogens is 4. The van der Waals surface area contributed by atoms with Gasteiger partial charge in [-0.1, -0.05) is 364 Å². The summed E-state index contributed by atoms with van der Waals surface area (Å²) in [5.41, 5.74) is 0. The van der Waals surface area contributed by atoms with Gasteiger partial charge in [-0.3, -0.25) is 0 Å². The van der Waals surface area contributed by atoms with Crippen LogP contribution in [-0.4, -0.2) is 0 Å². The first kappa shape index (κ1) is 71.2. The molecular formula is C72H60Ag4Cl4P4. The zero-order chi connectivity index (χ0) is 59.7. The quantitative estimate of drug-likeness (QED) is 0.0845. The van der Waals surface area contributed by atoms with Gasteiger partial charge in [-0.15, -0.1) is 0 Å². The number of rotatable bonds is 12. The van der Waals surface area contributed by atoms with Gasteiger partial charge in [-0.05, 0) is 95.3 Å². The molecule has 0 N–H and O–H groups in total. The summed E-state index contributed by atoms with van der Waals surface area (Å²) in [5.74, 6) is 0. The minimum atomic E-state index is -0.446. The fraction of sp³-hybridized carbons (Fsp3) is 0. The molecule has 0 radical (unpaired) electrons. The second-order valence-electron chi connectivity index (χ2n) is 17.4. The Balaban J connectivity index is 0.000000197. The van der Waals surface area contributed by atoms with Crippen LogP contribution < -0.4 is 63.7 Å². The zero-order valence-corrected chi connectivity index (χ0v) is 57.7. The van der Waals surface area contributed by atoms with Crippen LogP contribution in [0.1, 0.15) is 0 Å². The van der Waals surface area contributed by atoms with E-state index >= 15 is 0 Å². The molecule has 0 spiro atoms. The van der Waals surface area contributed by atoms with Crippen LogP contribution in [0.2, 0.25) is 0 Å².